The summed E-state index contributed by atoms with van der Waals surface area (Å²) in [7, 11) is 1.80. The second-order valence-corrected chi connectivity index (χ2v) is 6.43. The fourth-order valence-corrected chi connectivity index (χ4v) is 3.24. The van der Waals surface area contributed by atoms with E-state index < -0.39 is 5.54 Å². The number of anilines is 1. The van der Waals surface area contributed by atoms with Gasteiger partial charge >= 0.3 is 0 Å². The minimum Gasteiger partial charge on any atom is -0.369 e. The molecule has 1 amide bonds. The van der Waals surface area contributed by atoms with E-state index in [1.165, 1.54) is 16.8 Å². The van der Waals surface area contributed by atoms with Crippen LogP contribution in [0, 0.1) is 6.92 Å². The van der Waals surface area contributed by atoms with Crippen LogP contribution >= 0.6 is 0 Å². The molecule has 0 saturated carbocycles. The van der Waals surface area contributed by atoms with Gasteiger partial charge in [0.2, 0.25) is 5.91 Å². The Morgan fingerprint density at radius 2 is 2.24 bits per heavy atom. The van der Waals surface area contributed by atoms with E-state index in [-0.39, 0.29) is 11.9 Å². The van der Waals surface area contributed by atoms with Crippen molar-refractivity contribution in [1.82, 2.24) is 5.32 Å². The number of carbonyl (C=O) groups is 1. The Morgan fingerprint density at radius 1 is 1.52 bits per heavy atom. The first kappa shape index (κ1) is 15.8. The third kappa shape index (κ3) is 3.21. The van der Waals surface area contributed by atoms with Crippen LogP contribution in [0.2, 0.25) is 0 Å². The summed E-state index contributed by atoms with van der Waals surface area (Å²) in [4.78, 5) is 14.1. The van der Waals surface area contributed by atoms with Gasteiger partial charge in [0.05, 0.1) is 5.54 Å². The number of aryl methyl sites for hydroxylation is 2. The van der Waals surface area contributed by atoms with Crippen molar-refractivity contribution >= 4 is 11.6 Å². The summed E-state index contributed by atoms with van der Waals surface area (Å²) >= 11 is 0. The monoisotopic (exact) mass is 289 g/mol. The third-order valence-electron chi connectivity index (χ3n) is 4.72. The van der Waals surface area contributed by atoms with Crippen molar-refractivity contribution in [1.29, 1.82) is 0 Å². The average molecular weight is 289 g/mol. The molecule has 0 saturated heterocycles. The molecule has 0 fully saturated rings. The van der Waals surface area contributed by atoms with Gasteiger partial charge in [0.15, 0.2) is 0 Å². The average Bonchev–Trinajstić information content (AvgIpc) is 2.45. The highest BCUT2D eigenvalue weighted by atomic mass is 16.1. The predicted octanol–water partition coefficient (Wildman–Crippen LogP) is 1.99. The van der Waals surface area contributed by atoms with Gasteiger partial charge in [-0.05, 0) is 58.7 Å². The standard InChI is InChI=1S/C17H27N3O/c1-12-7-8-15-14(10-12)6-5-9-20(15)13(2)11-17(3,19-4)16(18)21/h7-8,10,13,19H,5-6,9,11H2,1-4H3,(H2,18,21). The van der Waals surface area contributed by atoms with E-state index in [4.69, 9.17) is 5.73 Å². The first-order valence-corrected chi connectivity index (χ1v) is 7.72. The molecule has 4 heteroatoms. The first-order chi connectivity index (χ1) is 9.87. The summed E-state index contributed by atoms with van der Waals surface area (Å²) in [5.74, 6) is -0.294. The van der Waals surface area contributed by atoms with Crippen molar-refractivity contribution in [3.8, 4) is 0 Å². The van der Waals surface area contributed by atoms with Gasteiger partial charge in [0, 0.05) is 18.3 Å². The molecule has 0 aliphatic carbocycles. The number of rotatable bonds is 5. The number of primary amides is 1. The number of amides is 1. The van der Waals surface area contributed by atoms with Crippen molar-refractivity contribution in [2.75, 3.05) is 18.5 Å². The summed E-state index contributed by atoms with van der Waals surface area (Å²) in [6.45, 7) is 7.23. The molecule has 2 rings (SSSR count). The molecule has 3 N–H and O–H groups in total. The van der Waals surface area contributed by atoms with Crippen LogP contribution in [-0.4, -0.2) is 31.1 Å². The maximum absolute atomic E-state index is 11.7. The molecular formula is C17H27N3O. The molecule has 116 valence electrons. The van der Waals surface area contributed by atoms with Crippen molar-refractivity contribution in [3.05, 3.63) is 29.3 Å². The molecule has 2 atom stereocenters. The second kappa shape index (κ2) is 6.06. The lowest BCUT2D eigenvalue weighted by Gasteiger charge is -2.40. The van der Waals surface area contributed by atoms with E-state index in [2.05, 4.69) is 42.3 Å². The zero-order chi connectivity index (χ0) is 15.6. The van der Waals surface area contributed by atoms with Crippen molar-refractivity contribution in [2.45, 2.75) is 51.6 Å². The van der Waals surface area contributed by atoms with Gasteiger partial charge in [0.1, 0.15) is 0 Å². The zero-order valence-corrected chi connectivity index (χ0v) is 13.6. The van der Waals surface area contributed by atoms with Gasteiger partial charge < -0.3 is 16.0 Å². The highest BCUT2D eigenvalue weighted by Crippen LogP contribution is 2.31. The Kier molecular flexibility index (Phi) is 4.57. The number of hydrogen-bond donors (Lipinski definition) is 2. The number of benzene rings is 1. The van der Waals surface area contributed by atoms with E-state index in [0.717, 1.165) is 19.4 Å². The van der Waals surface area contributed by atoms with E-state index >= 15 is 0 Å². The minimum absolute atomic E-state index is 0.261. The van der Waals surface area contributed by atoms with Gasteiger partial charge in [-0.1, -0.05) is 17.7 Å². The molecule has 1 heterocycles. The van der Waals surface area contributed by atoms with Crippen LogP contribution in [0.1, 0.15) is 37.8 Å². The van der Waals surface area contributed by atoms with E-state index in [1.807, 2.05) is 6.92 Å². The lowest BCUT2D eigenvalue weighted by atomic mass is 9.90. The number of hydrogen-bond acceptors (Lipinski definition) is 3. The van der Waals surface area contributed by atoms with Crippen LogP contribution in [-0.2, 0) is 11.2 Å². The fourth-order valence-electron chi connectivity index (χ4n) is 3.24. The molecule has 4 nitrogen and oxygen atoms in total. The van der Waals surface area contributed by atoms with Crippen LogP contribution in [0.25, 0.3) is 0 Å². The van der Waals surface area contributed by atoms with E-state index in [9.17, 15) is 4.79 Å². The summed E-state index contributed by atoms with van der Waals surface area (Å²) in [5, 5.41) is 3.08. The Morgan fingerprint density at radius 3 is 2.86 bits per heavy atom. The zero-order valence-electron chi connectivity index (χ0n) is 13.6. The van der Waals surface area contributed by atoms with Crippen LogP contribution in [0.5, 0.6) is 0 Å². The van der Waals surface area contributed by atoms with Gasteiger partial charge in [-0.3, -0.25) is 4.79 Å². The van der Waals surface area contributed by atoms with Crippen LogP contribution in [0.4, 0.5) is 5.69 Å². The summed E-state index contributed by atoms with van der Waals surface area (Å²) in [5.41, 5.74) is 8.92. The summed E-state index contributed by atoms with van der Waals surface area (Å²) in [6.07, 6.45) is 3.00. The van der Waals surface area contributed by atoms with Crippen LogP contribution < -0.4 is 16.0 Å². The number of nitrogens with zero attached hydrogens (tertiary/aromatic N) is 1. The summed E-state index contributed by atoms with van der Waals surface area (Å²) in [6, 6.07) is 6.91. The molecular weight excluding hydrogens is 262 g/mol. The molecule has 1 aliphatic rings. The van der Waals surface area contributed by atoms with Gasteiger partial charge in [-0.25, -0.2) is 0 Å². The lowest BCUT2D eigenvalue weighted by molar-refractivity contribution is -0.124. The normalized spacial score (nSPS) is 18.8. The number of nitrogens with one attached hydrogen (secondary N) is 1. The van der Waals surface area contributed by atoms with Crippen molar-refractivity contribution in [2.24, 2.45) is 5.73 Å². The molecule has 1 aromatic rings. The van der Waals surface area contributed by atoms with Crippen LogP contribution in [0.3, 0.4) is 0 Å². The maximum atomic E-state index is 11.7. The fraction of sp³-hybridized carbons (Fsp3) is 0.588. The number of likely N-dealkylation sites (N-methyl/N-ethyl adjacent to an activating group) is 1. The highest BCUT2D eigenvalue weighted by molar-refractivity contribution is 5.84. The van der Waals surface area contributed by atoms with Crippen molar-refractivity contribution < 1.29 is 4.79 Å². The molecule has 0 bridgehead atoms. The molecule has 1 aromatic carbocycles. The topological polar surface area (TPSA) is 58.4 Å². The SMILES string of the molecule is CNC(C)(CC(C)N1CCCc2cc(C)ccc21)C(N)=O. The van der Waals surface area contributed by atoms with Crippen LogP contribution in [0.15, 0.2) is 18.2 Å². The Balaban J connectivity index is 2.22. The Hall–Kier alpha value is -1.55. The smallest absolute Gasteiger partial charge is 0.237 e. The Labute approximate surface area is 127 Å². The molecule has 0 aromatic heterocycles. The van der Waals surface area contributed by atoms with Gasteiger partial charge in [0.25, 0.3) is 0 Å². The number of carbonyl (C=O) groups excluding carboxylic acids is 1. The molecule has 21 heavy (non-hydrogen) atoms. The first-order valence-electron chi connectivity index (χ1n) is 7.72. The third-order valence-corrected chi connectivity index (χ3v) is 4.72. The predicted molar refractivity (Wildman–Crippen MR) is 87.6 cm³/mol. The highest BCUT2D eigenvalue weighted by Gasteiger charge is 2.33. The largest absolute Gasteiger partial charge is 0.369 e. The second-order valence-electron chi connectivity index (χ2n) is 6.43. The summed E-state index contributed by atoms with van der Waals surface area (Å²) < 4.78 is 0. The van der Waals surface area contributed by atoms with Crippen molar-refractivity contribution in [3.63, 3.8) is 0 Å². The minimum atomic E-state index is -0.665. The lowest BCUT2D eigenvalue weighted by Crippen LogP contribution is -2.55. The quantitative estimate of drug-likeness (QED) is 0.871. The molecule has 0 spiro atoms. The Bertz CT molecular complexity index is 529. The molecule has 0 radical (unpaired) electrons. The van der Waals surface area contributed by atoms with E-state index in [1.54, 1.807) is 7.05 Å². The molecule has 1 aliphatic heterocycles. The number of fused-ring (bicyclic) bond motifs is 1. The number of nitrogens with two attached hydrogens (primary N) is 1. The molecule has 2 unspecified atom stereocenters. The van der Waals surface area contributed by atoms with Gasteiger partial charge in [-0.2, -0.15) is 0 Å². The maximum Gasteiger partial charge on any atom is 0.237 e. The van der Waals surface area contributed by atoms with Gasteiger partial charge in [-0.15, -0.1) is 0 Å². The van der Waals surface area contributed by atoms with E-state index in [0.29, 0.717) is 6.42 Å².